The first-order chi connectivity index (χ1) is 13.9. The summed E-state index contributed by atoms with van der Waals surface area (Å²) >= 11 is 0. The van der Waals surface area contributed by atoms with E-state index in [4.69, 9.17) is 0 Å². The summed E-state index contributed by atoms with van der Waals surface area (Å²) in [5.74, 6) is -0.262. The normalized spacial score (nSPS) is 16.7. The molecule has 0 radical (unpaired) electrons. The van der Waals surface area contributed by atoms with Crippen molar-refractivity contribution in [2.45, 2.75) is 6.18 Å². The summed E-state index contributed by atoms with van der Waals surface area (Å²) in [6, 6.07) is 11.2. The molecule has 0 spiro atoms. The van der Waals surface area contributed by atoms with Gasteiger partial charge in [0.15, 0.2) is 0 Å². The Bertz CT molecular complexity index is 1110. The lowest BCUT2D eigenvalue weighted by molar-refractivity contribution is -0.137. The number of rotatable bonds is 2. The number of carbonyl (C=O) groups excluding carboxylic acids is 1. The first-order valence-corrected chi connectivity index (χ1v) is 9.34. The fourth-order valence-electron chi connectivity index (χ4n) is 3.97. The van der Waals surface area contributed by atoms with Crippen LogP contribution in [0.25, 0.3) is 10.9 Å². The molecule has 1 aromatic heterocycles. The van der Waals surface area contributed by atoms with Crippen LogP contribution in [0.2, 0.25) is 0 Å². The maximum absolute atomic E-state index is 13.7. The van der Waals surface area contributed by atoms with E-state index < -0.39 is 11.7 Å². The van der Waals surface area contributed by atoms with Crippen molar-refractivity contribution in [2.75, 3.05) is 36.0 Å². The topological polar surface area (TPSA) is 48.5 Å². The highest BCUT2D eigenvalue weighted by Crippen LogP contribution is 2.47. The van der Waals surface area contributed by atoms with Crippen molar-refractivity contribution in [3.8, 4) is 0 Å². The Balaban J connectivity index is 1.76. The summed E-state index contributed by atoms with van der Waals surface area (Å²) in [6.07, 6.45) is -3.02. The summed E-state index contributed by atoms with van der Waals surface area (Å²) in [5.41, 5.74) is 1.64. The Morgan fingerprint density at radius 1 is 1.03 bits per heavy atom. The molecule has 1 fully saturated rings. The molecular weight excluding hydrogens is 381 g/mol. The monoisotopic (exact) mass is 398 g/mol. The van der Waals surface area contributed by atoms with E-state index in [-0.39, 0.29) is 5.91 Å². The minimum absolute atomic E-state index is 0.262. The van der Waals surface area contributed by atoms with Gasteiger partial charge >= 0.3 is 6.18 Å². The number of aromatic nitrogens is 1. The Morgan fingerprint density at radius 3 is 2.45 bits per heavy atom. The van der Waals surface area contributed by atoms with Crippen molar-refractivity contribution in [1.82, 2.24) is 10.3 Å². The first-order valence-electron chi connectivity index (χ1n) is 9.34. The molecule has 1 saturated heterocycles. The van der Waals surface area contributed by atoms with Crippen molar-refractivity contribution in [3.63, 3.8) is 0 Å². The van der Waals surface area contributed by atoms with Crippen LogP contribution in [0.5, 0.6) is 0 Å². The summed E-state index contributed by atoms with van der Waals surface area (Å²) in [5, 5.41) is 3.55. The average molecular weight is 398 g/mol. The molecule has 5 rings (SSSR count). The number of piperazine rings is 1. The Kier molecular flexibility index (Phi) is 3.99. The van der Waals surface area contributed by atoms with Crippen molar-refractivity contribution < 1.29 is 18.0 Å². The number of hydrogen-bond acceptors (Lipinski definition) is 4. The van der Waals surface area contributed by atoms with E-state index in [9.17, 15) is 18.0 Å². The van der Waals surface area contributed by atoms with E-state index in [2.05, 4.69) is 10.3 Å². The number of benzene rings is 2. The standard InChI is InChI=1S/C21H17F3N4O/c22-21(23,24)13-10-15-18(17(11-13)27-8-6-25-7-9-27)26-12-16-19(15)28(20(16)29)14-4-2-1-3-5-14/h1-5,10-12,25H,6-9H2. The molecule has 2 aromatic carbocycles. The number of halogens is 3. The number of anilines is 3. The summed E-state index contributed by atoms with van der Waals surface area (Å²) in [7, 11) is 0. The van der Waals surface area contributed by atoms with Gasteiger partial charge in [-0.25, -0.2) is 0 Å². The van der Waals surface area contributed by atoms with E-state index >= 15 is 0 Å². The zero-order valence-corrected chi connectivity index (χ0v) is 15.3. The van der Waals surface area contributed by atoms with Gasteiger partial charge in [-0.15, -0.1) is 0 Å². The van der Waals surface area contributed by atoms with Crippen LogP contribution >= 0.6 is 0 Å². The predicted molar refractivity (Wildman–Crippen MR) is 105 cm³/mol. The summed E-state index contributed by atoms with van der Waals surface area (Å²) in [6.45, 7) is 2.57. The molecule has 0 atom stereocenters. The molecule has 2 aliphatic rings. The molecule has 1 amide bonds. The Morgan fingerprint density at radius 2 is 1.76 bits per heavy atom. The van der Waals surface area contributed by atoms with Crippen LogP contribution in [0, 0.1) is 0 Å². The number of hydrogen-bond donors (Lipinski definition) is 1. The number of nitrogens with zero attached hydrogens (tertiary/aromatic N) is 3. The molecule has 8 heteroatoms. The quantitative estimate of drug-likeness (QED) is 0.710. The van der Waals surface area contributed by atoms with Crippen molar-refractivity contribution in [2.24, 2.45) is 0 Å². The number of carbonyl (C=O) groups is 1. The van der Waals surface area contributed by atoms with Gasteiger partial charge in [-0.3, -0.25) is 14.7 Å². The number of amides is 1. The number of para-hydroxylation sites is 1. The smallest absolute Gasteiger partial charge is 0.367 e. The van der Waals surface area contributed by atoms with Gasteiger partial charge in [-0.2, -0.15) is 13.2 Å². The molecular formula is C21H17F3N4O. The average Bonchev–Trinajstić information content (AvgIpc) is 2.73. The molecule has 29 heavy (non-hydrogen) atoms. The predicted octanol–water partition coefficient (Wildman–Crippen LogP) is 3.96. The lowest BCUT2D eigenvalue weighted by Crippen LogP contribution is -2.44. The fraction of sp³-hybridized carbons (Fsp3) is 0.238. The minimum atomic E-state index is -4.50. The largest absolute Gasteiger partial charge is 0.416 e. The highest BCUT2D eigenvalue weighted by atomic mass is 19.4. The molecule has 0 unspecified atom stereocenters. The number of fused-ring (bicyclic) bond motifs is 3. The van der Waals surface area contributed by atoms with E-state index in [1.54, 1.807) is 24.3 Å². The van der Waals surface area contributed by atoms with Gasteiger partial charge in [-0.05, 0) is 24.3 Å². The van der Waals surface area contributed by atoms with Crippen LogP contribution in [0.3, 0.4) is 0 Å². The summed E-state index contributed by atoms with van der Waals surface area (Å²) < 4.78 is 41.0. The van der Waals surface area contributed by atoms with Gasteiger partial charge in [0, 0.05) is 43.4 Å². The van der Waals surface area contributed by atoms with E-state index in [0.29, 0.717) is 59.7 Å². The van der Waals surface area contributed by atoms with Crippen molar-refractivity contribution in [1.29, 1.82) is 0 Å². The Hall–Kier alpha value is -3.13. The Labute approximate surface area is 164 Å². The summed E-state index contributed by atoms with van der Waals surface area (Å²) in [4.78, 5) is 20.4. The second kappa shape index (κ2) is 6.45. The molecule has 0 saturated carbocycles. The molecule has 2 aliphatic heterocycles. The van der Waals surface area contributed by atoms with Crippen LogP contribution in [0.1, 0.15) is 15.9 Å². The molecule has 0 bridgehead atoms. The van der Waals surface area contributed by atoms with Gasteiger partial charge in [0.2, 0.25) is 0 Å². The zero-order valence-electron chi connectivity index (χ0n) is 15.3. The van der Waals surface area contributed by atoms with E-state index in [0.717, 1.165) is 6.07 Å². The number of pyridine rings is 1. The first kappa shape index (κ1) is 17.9. The van der Waals surface area contributed by atoms with Crippen LogP contribution in [0.15, 0.2) is 48.7 Å². The maximum Gasteiger partial charge on any atom is 0.416 e. The second-order valence-corrected chi connectivity index (χ2v) is 7.12. The molecule has 0 aliphatic carbocycles. The molecule has 5 nitrogen and oxygen atoms in total. The van der Waals surface area contributed by atoms with Crippen molar-refractivity contribution >= 4 is 33.9 Å². The number of nitrogens with one attached hydrogen (secondary N) is 1. The molecule has 1 N–H and O–H groups in total. The van der Waals surface area contributed by atoms with Gasteiger partial charge in [0.1, 0.15) is 0 Å². The van der Waals surface area contributed by atoms with Gasteiger partial charge < -0.3 is 10.2 Å². The highest BCUT2D eigenvalue weighted by molar-refractivity contribution is 6.29. The number of alkyl halides is 3. The molecule has 3 aromatic rings. The van der Waals surface area contributed by atoms with Crippen LogP contribution in [-0.4, -0.2) is 37.1 Å². The molecule has 148 valence electrons. The molecule has 3 heterocycles. The van der Waals surface area contributed by atoms with Gasteiger partial charge in [-0.1, -0.05) is 18.2 Å². The van der Waals surface area contributed by atoms with Crippen LogP contribution in [-0.2, 0) is 6.18 Å². The van der Waals surface area contributed by atoms with E-state index in [1.807, 2.05) is 11.0 Å². The van der Waals surface area contributed by atoms with Gasteiger partial charge in [0.25, 0.3) is 5.91 Å². The highest BCUT2D eigenvalue weighted by Gasteiger charge is 2.39. The fourth-order valence-corrected chi connectivity index (χ4v) is 3.97. The zero-order chi connectivity index (χ0) is 20.2. The van der Waals surface area contributed by atoms with Crippen LogP contribution < -0.4 is 15.1 Å². The van der Waals surface area contributed by atoms with Crippen LogP contribution in [0.4, 0.5) is 30.2 Å². The second-order valence-electron chi connectivity index (χ2n) is 7.12. The maximum atomic E-state index is 13.7. The van der Waals surface area contributed by atoms with E-state index in [1.165, 1.54) is 17.2 Å². The SMILES string of the molecule is O=C1c2cnc3c(N4CCNCC4)cc(C(F)(F)F)cc3c2N1c1ccccc1. The third-order valence-electron chi connectivity index (χ3n) is 5.38. The third kappa shape index (κ3) is 2.82. The van der Waals surface area contributed by atoms with Crippen molar-refractivity contribution in [3.05, 3.63) is 59.8 Å². The minimum Gasteiger partial charge on any atom is -0.367 e. The third-order valence-corrected chi connectivity index (χ3v) is 5.38. The lowest BCUT2D eigenvalue weighted by Gasteiger charge is -2.36. The van der Waals surface area contributed by atoms with Gasteiger partial charge in [0.05, 0.1) is 28.0 Å². The lowest BCUT2D eigenvalue weighted by atomic mass is 9.96.